The van der Waals surface area contributed by atoms with Crippen LogP contribution in [0, 0.1) is 28.5 Å². The Morgan fingerprint density at radius 2 is 2.00 bits per heavy atom. The van der Waals surface area contributed by atoms with Gasteiger partial charge in [0.25, 0.3) is 0 Å². The molecule has 0 fully saturated rings. The van der Waals surface area contributed by atoms with Crippen molar-refractivity contribution < 1.29 is 4.39 Å². The molecule has 1 heterocycles. The average Bonchev–Trinajstić information content (AvgIpc) is 2.17. The van der Waals surface area contributed by atoms with Gasteiger partial charge in [-0.2, -0.15) is 10.5 Å². The summed E-state index contributed by atoms with van der Waals surface area (Å²) in [4.78, 5) is 4.96. The zero-order chi connectivity index (χ0) is 11.3. The van der Waals surface area contributed by atoms with Gasteiger partial charge in [0, 0.05) is 6.20 Å². The molecule has 1 rings (SSSR count). The van der Waals surface area contributed by atoms with E-state index in [0.717, 1.165) is 6.07 Å². The second kappa shape index (κ2) is 5.14. The van der Waals surface area contributed by atoms with Gasteiger partial charge >= 0.3 is 0 Å². The van der Waals surface area contributed by atoms with Crippen LogP contribution in [0.4, 0.5) is 10.2 Å². The molecule has 0 radical (unpaired) electrons. The number of nitriles is 2. The van der Waals surface area contributed by atoms with Crippen LogP contribution in [-0.4, -0.2) is 18.1 Å². The molecule has 0 amide bonds. The minimum atomic E-state index is -0.645. The third kappa shape index (κ3) is 2.80. The fourth-order valence-corrected chi connectivity index (χ4v) is 1.16. The predicted molar refractivity (Wildman–Crippen MR) is 52.6 cm³/mol. The van der Waals surface area contributed by atoms with Gasteiger partial charge in [-0.1, -0.05) is 11.6 Å². The minimum Gasteiger partial charge on any atom is -0.328 e. The van der Waals surface area contributed by atoms with Crippen molar-refractivity contribution in [1.29, 1.82) is 10.5 Å². The van der Waals surface area contributed by atoms with Crippen molar-refractivity contribution in [3.63, 3.8) is 0 Å². The summed E-state index contributed by atoms with van der Waals surface area (Å²) in [5.74, 6) is -0.685. The summed E-state index contributed by atoms with van der Waals surface area (Å²) in [6, 6.07) is 4.75. The Hall–Kier alpha value is -1.85. The predicted octanol–water partition coefficient (Wildman–Crippen LogP) is 1.73. The summed E-state index contributed by atoms with van der Waals surface area (Å²) in [6.45, 7) is -0.196. The molecule has 0 aliphatic carbocycles. The van der Waals surface area contributed by atoms with E-state index in [1.807, 2.05) is 12.1 Å². The quantitative estimate of drug-likeness (QED) is 0.734. The van der Waals surface area contributed by atoms with Gasteiger partial charge in [-0.15, -0.1) is 0 Å². The van der Waals surface area contributed by atoms with Crippen molar-refractivity contribution in [3.05, 3.63) is 23.1 Å². The van der Waals surface area contributed by atoms with Crippen LogP contribution in [0.1, 0.15) is 0 Å². The number of nitrogens with zero attached hydrogens (tertiary/aromatic N) is 4. The summed E-state index contributed by atoms with van der Waals surface area (Å²) < 4.78 is 13.3. The monoisotopic (exact) mass is 224 g/mol. The van der Waals surface area contributed by atoms with E-state index in [0.29, 0.717) is 0 Å². The molecule has 0 spiro atoms. The molecule has 0 aliphatic heterocycles. The first-order chi connectivity index (χ1) is 7.19. The lowest BCUT2D eigenvalue weighted by Gasteiger charge is -2.16. The Morgan fingerprint density at radius 3 is 2.47 bits per heavy atom. The summed E-state index contributed by atoms with van der Waals surface area (Å²) in [7, 11) is 0. The topological polar surface area (TPSA) is 63.7 Å². The molecule has 0 aromatic carbocycles. The Morgan fingerprint density at radius 1 is 1.40 bits per heavy atom. The van der Waals surface area contributed by atoms with Crippen LogP contribution >= 0.6 is 11.6 Å². The van der Waals surface area contributed by atoms with Crippen LogP contribution < -0.4 is 4.90 Å². The van der Waals surface area contributed by atoms with E-state index in [9.17, 15) is 4.39 Å². The maximum atomic E-state index is 13.3. The van der Waals surface area contributed by atoms with Crippen molar-refractivity contribution in [3.8, 4) is 12.1 Å². The molecule has 0 unspecified atom stereocenters. The molecule has 4 nitrogen and oxygen atoms in total. The summed E-state index contributed by atoms with van der Waals surface area (Å²) in [5, 5.41) is 17.2. The first-order valence-corrected chi connectivity index (χ1v) is 4.36. The van der Waals surface area contributed by atoms with Crippen LogP contribution in [0.3, 0.4) is 0 Å². The maximum absolute atomic E-state index is 13.3. The van der Waals surface area contributed by atoms with Crippen LogP contribution in [0.15, 0.2) is 12.3 Å². The lowest BCUT2D eigenvalue weighted by molar-refractivity contribution is 0.616. The van der Waals surface area contributed by atoms with Crippen molar-refractivity contribution >= 4 is 17.4 Å². The Kier molecular flexibility index (Phi) is 3.84. The van der Waals surface area contributed by atoms with E-state index in [1.165, 1.54) is 11.1 Å². The molecular weight excluding hydrogens is 219 g/mol. The highest BCUT2D eigenvalue weighted by Crippen LogP contribution is 2.18. The molecule has 15 heavy (non-hydrogen) atoms. The molecule has 1 aromatic rings. The SMILES string of the molecule is N#CCN(CC#N)c1ncc(Cl)cc1F. The highest BCUT2D eigenvalue weighted by Gasteiger charge is 2.12. The van der Waals surface area contributed by atoms with E-state index in [2.05, 4.69) is 4.98 Å². The number of anilines is 1. The van der Waals surface area contributed by atoms with Gasteiger partial charge in [0.15, 0.2) is 11.6 Å². The number of aromatic nitrogens is 1. The van der Waals surface area contributed by atoms with Crippen LogP contribution in [0.2, 0.25) is 5.02 Å². The summed E-state index contributed by atoms with van der Waals surface area (Å²) in [5.41, 5.74) is 0. The zero-order valence-electron chi connectivity index (χ0n) is 7.61. The van der Waals surface area contributed by atoms with Gasteiger partial charge in [-0.05, 0) is 6.07 Å². The smallest absolute Gasteiger partial charge is 0.167 e. The maximum Gasteiger partial charge on any atom is 0.167 e. The molecule has 6 heteroatoms. The number of rotatable bonds is 3. The van der Waals surface area contributed by atoms with Crippen molar-refractivity contribution in [2.24, 2.45) is 0 Å². The first kappa shape index (κ1) is 11.2. The summed E-state index contributed by atoms with van der Waals surface area (Å²) in [6.07, 6.45) is 1.27. The number of pyridine rings is 1. The zero-order valence-corrected chi connectivity index (χ0v) is 8.37. The molecule has 1 aromatic heterocycles. The molecule has 0 saturated carbocycles. The largest absolute Gasteiger partial charge is 0.328 e. The molecule has 0 atom stereocenters. The number of hydrogen-bond acceptors (Lipinski definition) is 4. The molecule has 0 bridgehead atoms. The molecule has 0 saturated heterocycles. The van der Waals surface area contributed by atoms with Crippen LogP contribution in [0.25, 0.3) is 0 Å². The fraction of sp³-hybridized carbons (Fsp3) is 0.222. The second-order valence-corrected chi connectivity index (χ2v) is 3.07. The van der Waals surface area contributed by atoms with E-state index in [4.69, 9.17) is 22.1 Å². The van der Waals surface area contributed by atoms with Gasteiger partial charge in [0.2, 0.25) is 0 Å². The molecule has 0 N–H and O–H groups in total. The van der Waals surface area contributed by atoms with E-state index < -0.39 is 5.82 Å². The highest BCUT2D eigenvalue weighted by atomic mass is 35.5. The fourth-order valence-electron chi connectivity index (χ4n) is 1.02. The molecule has 0 aliphatic rings. The average molecular weight is 225 g/mol. The third-order valence-electron chi connectivity index (χ3n) is 1.61. The number of halogens is 2. The molecule has 76 valence electrons. The van der Waals surface area contributed by atoms with Gasteiger partial charge in [0.05, 0.1) is 17.2 Å². The van der Waals surface area contributed by atoms with Gasteiger partial charge in [-0.3, -0.25) is 0 Å². The van der Waals surface area contributed by atoms with Crippen LogP contribution in [-0.2, 0) is 0 Å². The van der Waals surface area contributed by atoms with Crippen molar-refractivity contribution in [2.45, 2.75) is 0 Å². The third-order valence-corrected chi connectivity index (χ3v) is 1.82. The lowest BCUT2D eigenvalue weighted by atomic mass is 10.4. The highest BCUT2D eigenvalue weighted by molar-refractivity contribution is 6.30. The van der Waals surface area contributed by atoms with Crippen molar-refractivity contribution in [1.82, 2.24) is 4.98 Å². The van der Waals surface area contributed by atoms with Crippen molar-refractivity contribution in [2.75, 3.05) is 18.0 Å². The van der Waals surface area contributed by atoms with E-state index in [-0.39, 0.29) is 23.9 Å². The first-order valence-electron chi connectivity index (χ1n) is 3.99. The second-order valence-electron chi connectivity index (χ2n) is 2.63. The molecular formula is C9H6ClFN4. The van der Waals surface area contributed by atoms with Gasteiger partial charge in [-0.25, -0.2) is 9.37 Å². The normalized spacial score (nSPS) is 9.07. The van der Waals surface area contributed by atoms with Gasteiger partial charge < -0.3 is 4.90 Å². The van der Waals surface area contributed by atoms with E-state index in [1.54, 1.807) is 0 Å². The number of hydrogen-bond donors (Lipinski definition) is 0. The Labute approximate surface area is 91.1 Å². The Balaban J connectivity index is 3.02. The Bertz CT molecular complexity index is 419. The van der Waals surface area contributed by atoms with Crippen LogP contribution in [0.5, 0.6) is 0 Å². The van der Waals surface area contributed by atoms with Gasteiger partial charge in [0.1, 0.15) is 13.1 Å². The standard InChI is InChI=1S/C9H6ClFN4/c10-7-5-8(11)9(14-6-7)15(3-1-12)4-2-13/h5-6H,3-4H2. The minimum absolute atomic E-state index is 0.0394. The summed E-state index contributed by atoms with van der Waals surface area (Å²) >= 11 is 5.52. The lowest BCUT2D eigenvalue weighted by Crippen LogP contribution is -2.25. The van der Waals surface area contributed by atoms with E-state index >= 15 is 0 Å².